The zero-order valence-electron chi connectivity index (χ0n) is 7.99. The van der Waals surface area contributed by atoms with E-state index < -0.39 is 5.97 Å². The van der Waals surface area contributed by atoms with Crippen LogP contribution in [0.1, 0.15) is 21.5 Å². The van der Waals surface area contributed by atoms with Crippen LogP contribution in [0.25, 0.3) is 0 Å². The van der Waals surface area contributed by atoms with Crippen molar-refractivity contribution in [3.63, 3.8) is 0 Å². The van der Waals surface area contributed by atoms with E-state index in [0.717, 1.165) is 35.5 Å². The van der Waals surface area contributed by atoms with Crippen LogP contribution in [-0.4, -0.2) is 27.6 Å². The number of hydrogen-bond acceptors (Lipinski definition) is 3. The number of thioether (sulfide) groups is 1. The molecule has 0 atom stereocenters. The van der Waals surface area contributed by atoms with Crippen LogP contribution >= 0.6 is 23.4 Å². The fraction of sp³-hybridized carbons (Fsp3) is 0.400. The number of fused-ring (bicyclic) bond motifs is 1. The molecule has 80 valence electrons. The van der Waals surface area contributed by atoms with E-state index in [1.54, 1.807) is 6.20 Å². The number of aromatic carboxylic acids is 1. The number of hydrogen-bond donors (Lipinski definition) is 1. The van der Waals surface area contributed by atoms with Crippen molar-refractivity contribution >= 4 is 29.3 Å². The molecule has 1 N–H and O–H groups in total. The first-order valence-electron chi connectivity index (χ1n) is 4.67. The van der Waals surface area contributed by atoms with Crippen molar-refractivity contribution in [1.29, 1.82) is 0 Å². The molecular formula is C10H10ClNO2S. The van der Waals surface area contributed by atoms with E-state index >= 15 is 0 Å². The summed E-state index contributed by atoms with van der Waals surface area (Å²) in [5, 5.41) is 9.19. The van der Waals surface area contributed by atoms with Gasteiger partial charge in [-0.05, 0) is 35.5 Å². The van der Waals surface area contributed by atoms with E-state index in [-0.39, 0.29) is 10.7 Å². The molecule has 1 aromatic heterocycles. The molecule has 5 heteroatoms. The zero-order valence-corrected chi connectivity index (χ0v) is 9.57. The highest BCUT2D eigenvalue weighted by Gasteiger charge is 2.20. The Bertz CT molecular complexity index is 409. The summed E-state index contributed by atoms with van der Waals surface area (Å²) in [7, 11) is 0. The quantitative estimate of drug-likeness (QED) is 0.769. The molecule has 0 radical (unpaired) electrons. The van der Waals surface area contributed by atoms with Gasteiger partial charge in [0.05, 0.1) is 0 Å². The van der Waals surface area contributed by atoms with Gasteiger partial charge in [-0.2, -0.15) is 11.8 Å². The van der Waals surface area contributed by atoms with Gasteiger partial charge in [-0.15, -0.1) is 0 Å². The standard InChI is InChI=1S/C10H10ClNO2S/c11-9-8(10(13)14)7-2-4-15-3-1-6(7)5-12-9/h5H,1-4H2,(H,13,14). The summed E-state index contributed by atoms with van der Waals surface area (Å²) in [6.45, 7) is 0. The van der Waals surface area contributed by atoms with Gasteiger partial charge in [-0.3, -0.25) is 0 Å². The van der Waals surface area contributed by atoms with Crippen LogP contribution in [0.3, 0.4) is 0 Å². The Balaban J connectivity index is 2.56. The van der Waals surface area contributed by atoms with Crippen LogP contribution in [0.2, 0.25) is 5.15 Å². The molecule has 0 fully saturated rings. The molecule has 0 aliphatic carbocycles. The molecule has 15 heavy (non-hydrogen) atoms. The molecule has 0 bridgehead atoms. The molecular weight excluding hydrogens is 234 g/mol. The van der Waals surface area contributed by atoms with E-state index in [4.69, 9.17) is 16.7 Å². The third kappa shape index (κ3) is 2.11. The van der Waals surface area contributed by atoms with Gasteiger partial charge in [0, 0.05) is 6.20 Å². The van der Waals surface area contributed by atoms with Crippen LogP contribution < -0.4 is 0 Å². The minimum absolute atomic E-state index is 0.105. The summed E-state index contributed by atoms with van der Waals surface area (Å²) in [6, 6.07) is 0. The minimum atomic E-state index is -0.976. The number of pyridine rings is 1. The lowest BCUT2D eigenvalue weighted by Crippen LogP contribution is -2.08. The van der Waals surface area contributed by atoms with Crippen LogP contribution in [0.5, 0.6) is 0 Å². The lowest BCUT2D eigenvalue weighted by Gasteiger charge is -2.09. The van der Waals surface area contributed by atoms with Crippen molar-refractivity contribution in [2.75, 3.05) is 11.5 Å². The first kappa shape index (κ1) is 10.8. The topological polar surface area (TPSA) is 50.2 Å². The average molecular weight is 244 g/mol. The Kier molecular flexibility index (Phi) is 3.17. The molecule has 1 aliphatic rings. The highest BCUT2D eigenvalue weighted by atomic mass is 35.5. The first-order chi connectivity index (χ1) is 7.20. The van der Waals surface area contributed by atoms with Crippen LogP contribution in [0.4, 0.5) is 0 Å². The van der Waals surface area contributed by atoms with Crippen molar-refractivity contribution in [1.82, 2.24) is 4.98 Å². The van der Waals surface area contributed by atoms with Gasteiger partial charge in [0.25, 0.3) is 0 Å². The highest BCUT2D eigenvalue weighted by molar-refractivity contribution is 7.99. The van der Waals surface area contributed by atoms with E-state index in [9.17, 15) is 4.79 Å². The van der Waals surface area contributed by atoms with Gasteiger partial charge >= 0.3 is 5.97 Å². The number of carbonyl (C=O) groups is 1. The van der Waals surface area contributed by atoms with E-state index in [1.165, 1.54) is 0 Å². The smallest absolute Gasteiger partial charge is 0.339 e. The maximum Gasteiger partial charge on any atom is 0.339 e. The maximum atomic E-state index is 11.1. The Morgan fingerprint density at radius 1 is 1.47 bits per heavy atom. The summed E-state index contributed by atoms with van der Waals surface area (Å²) in [5.74, 6) is 0.999. The Hall–Kier alpha value is -0.740. The molecule has 0 aromatic carbocycles. The molecule has 1 aliphatic heterocycles. The molecule has 0 saturated heterocycles. The number of halogens is 1. The highest BCUT2D eigenvalue weighted by Crippen LogP contribution is 2.26. The van der Waals surface area contributed by atoms with Crippen LogP contribution in [-0.2, 0) is 12.8 Å². The molecule has 0 unspecified atom stereocenters. The second kappa shape index (κ2) is 4.41. The van der Waals surface area contributed by atoms with Gasteiger partial charge in [0.1, 0.15) is 10.7 Å². The predicted molar refractivity (Wildman–Crippen MR) is 60.9 cm³/mol. The Morgan fingerprint density at radius 2 is 2.20 bits per heavy atom. The Morgan fingerprint density at radius 3 is 2.93 bits per heavy atom. The number of carboxylic acids is 1. The zero-order chi connectivity index (χ0) is 10.8. The van der Waals surface area contributed by atoms with Gasteiger partial charge in [-0.1, -0.05) is 11.6 Å². The van der Waals surface area contributed by atoms with Crippen molar-refractivity contribution in [3.8, 4) is 0 Å². The summed E-state index contributed by atoms with van der Waals surface area (Å²) in [4.78, 5) is 15.0. The molecule has 0 saturated carbocycles. The number of aryl methyl sites for hydroxylation is 1. The number of carboxylic acid groups (broad SMARTS) is 1. The largest absolute Gasteiger partial charge is 0.478 e. The molecule has 3 nitrogen and oxygen atoms in total. The lowest BCUT2D eigenvalue weighted by atomic mass is 10.0. The minimum Gasteiger partial charge on any atom is -0.478 e. The average Bonchev–Trinajstić information content (AvgIpc) is 2.41. The SMILES string of the molecule is O=C(O)c1c(Cl)ncc2c1CCSCC2. The molecule has 0 amide bonds. The third-order valence-corrected chi connectivity index (χ3v) is 3.73. The summed E-state index contributed by atoms with van der Waals surface area (Å²) in [6.07, 6.45) is 3.35. The fourth-order valence-electron chi connectivity index (χ4n) is 1.74. The predicted octanol–water partition coefficient (Wildman–Crippen LogP) is 2.27. The lowest BCUT2D eigenvalue weighted by molar-refractivity contribution is 0.0695. The number of nitrogens with zero attached hydrogens (tertiary/aromatic N) is 1. The normalized spacial score (nSPS) is 15.5. The van der Waals surface area contributed by atoms with Crippen molar-refractivity contribution in [3.05, 3.63) is 28.0 Å². The monoisotopic (exact) mass is 243 g/mol. The molecule has 0 spiro atoms. The second-order valence-electron chi connectivity index (χ2n) is 3.35. The third-order valence-electron chi connectivity index (χ3n) is 2.46. The maximum absolute atomic E-state index is 11.1. The summed E-state index contributed by atoms with van der Waals surface area (Å²) >= 11 is 7.65. The van der Waals surface area contributed by atoms with Crippen molar-refractivity contribution < 1.29 is 9.90 Å². The van der Waals surface area contributed by atoms with Gasteiger partial charge in [0.15, 0.2) is 0 Å². The number of rotatable bonds is 1. The van der Waals surface area contributed by atoms with Crippen LogP contribution in [0, 0.1) is 0 Å². The first-order valence-corrected chi connectivity index (χ1v) is 6.20. The van der Waals surface area contributed by atoms with Gasteiger partial charge in [-0.25, -0.2) is 9.78 Å². The van der Waals surface area contributed by atoms with Gasteiger partial charge in [0.2, 0.25) is 0 Å². The second-order valence-corrected chi connectivity index (χ2v) is 4.93. The van der Waals surface area contributed by atoms with E-state index in [1.807, 2.05) is 11.8 Å². The Labute approximate surface area is 96.9 Å². The van der Waals surface area contributed by atoms with Crippen molar-refractivity contribution in [2.45, 2.75) is 12.8 Å². The van der Waals surface area contributed by atoms with E-state index in [2.05, 4.69) is 4.98 Å². The van der Waals surface area contributed by atoms with Crippen LogP contribution in [0.15, 0.2) is 6.20 Å². The summed E-state index contributed by atoms with van der Waals surface area (Å²) in [5.41, 5.74) is 2.09. The molecule has 2 rings (SSSR count). The summed E-state index contributed by atoms with van der Waals surface area (Å²) < 4.78 is 0. The number of aromatic nitrogens is 1. The van der Waals surface area contributed by atoms with Gasteiger partial charge < -0.3 is 5.11 Å². The van der Waals surface area contributed by atoms with E-state index in [0.29, 0.717) is 0 Å². The van der Waals surface area contributed by atoms with Crippen molar-refractivity contribution in [2.24, 2.45) is 0 Å². The fourth-order valence-corrected chi connectivity index (χ4v) is 2.90. The molecule has 2 heterocycles. The molecule has 1 aromatic rings.